The van der Waals surface area contributed by atoms with Crippen molar-refractivity contribution in [2.24, 2.45) is 0 Å². The average molecular weight is 515 g/mol. The van der Waals surface area contributed by atoms with Gasteiger partial charge in [-0.15, -0.1) is 0 Å². The van der Waals surface area contributed by atoms with Gasteiger partial charge >= 0.3 is 0 Å². The van der Waals surface area contributed by atoms with Gasteiger partial charge in [0, 0.05) is 25.2 Å². The number of thioether (sulfide) groups is 1. The van der Waals surface area contributed by atoms with Crippen LogP contribution in [0.2, 0.25) is 0 Å². The first-order valence-corrected chi connectivity index (χ1v) is 13.7. The number of carbonyl (C=O) groups is 1. The molecule has 11 heteroatoms. The molecule has 1 N–H and O–H groups in total. The molecular weight excluding hydrogens is 480 g/mol. The number of anilines is 1. The maximum atomic E-state index is 13.0. The van der Waals surface area contributed by atoms with Crippen molar-refractivity contribution in [3.05, 3.63) is 23.9 Å². The zero-order valence-electron chi connectivity index (χ0n) is 21.4. The van der Waals surface area contributed by atoms with Crippen molar-refractivity contribution in [3.63, 3.8) is 0 Å². The molecule has 3 aromatic rings. The zero-order chi connectivity index (χ0) is 25.5. The molecule has 2 aromatic heterocycles. The Morgan fingerprint density at radius 3 is 2.31 bits per heavy atom. The molecule has 1 aliphatic heterocycles. The molecule has 0 saturated carbocycles. The smallest absolute Gasteiger partial charge is 0.251 e. The van der Waals surface area contributed by atoms with Gasteiger partial charge in [-0.3, -0.25) is 4.79 Å². The number of nitrogens with one attached hydrogen (secondary N) is 1. The van der Waals surface area contributed by atoms with Crippen molar-refractivity contribution in [2.75, 3.05) is 50.6 Å². The van der Waals surface area contributed by atoms with E-state index in [0.717, 1.165) is 35.1 Å². The van der Waals surface area contributed by atoms with Crippen LogP contribution in [0.3, 0.4) is 0 Å². The van der Waals surface area contributed by atoms with E-state index >= 15 is 0 Å². The van der Waals surface area contributed by atoms with Crippen LogP contribution in [-0.2, 0) is 6.54 Å². The van der Waals surface area contributed by atoms with Crippen molar-refractivity contribution < 1.29 is 19.0 Å². The number of rotatable bonds is 12. The maximum Gasteiger partial charge on any atom is 0.251 e. The second kappa shape index (κ2) is 12.2. The molecule has 0 atom stereocenters. The minimum absolute atomic E-state index is 0.228. The second-order valence-corrected chi connectivity index (χ2v) is 8.96. The lowest BCUT2D eigenvalue weighted by atomic mass is 10.1. The van der Waals surface area contributed by atoms with Crippen molar-refractivity contribution in [1.82, 2.24) is 25.1 Å². The first-order chi connectivity index (χ1) is 17.6. The number of fused-ring (bicyclic) bond motifs is 1. The summed E-state index contributed by atoms with van der Waals surface area (Å²) in [6, 6.07) is 3.38. The maximum absolute atomic E-state index is 13.0. The number of benzene rings is 1. The molecule has 10 nitrogen and oxygen atoms in total. The molecule has 0 spiro atoms. The highest BCUT2D eigenvalue weighted by Crippen LogP contribution is 2.39. The topological polar surface area (TPSA) is 104 Å². The van der Waals surface area contributed by atoms with Gasteiger partial charge in [-0.25, -0.2) is 14.6 Å². The van der Waals surface area contributed by atoms with E-state index in [2.05, 4.69) is 15.3 Å². The largest absolute Gasteiger partial charge is 0.490 e. The molecule has 1 saturated heterocycles. The fraction of sp³-hybridized carbons (Fsp3) is 0.520. The van der Waals surface area contributed by atoms with Crippen LogP contribution in [0.1, 0.15) is 44.0 Å². The predicted octanol–water partition coefficient (Wildman–Crippen LogP) is 3.77. The number of amides is 1. The van der Waals surface area contributed by atoms with Crippen LogP contribution in [0, 0.1) is 0 Å². The van der Waals surface area contributed by atoms with Gasteiger partial charge < -0.3 is 24.4 Å². The molecule has 4 rings (SSSR count). The summed E-state index contributed by atoms with van der Waals surface area (Å²) in [6.45, 7) is 9.88. The lowest BCUT2D eigenvalue weighted by Crippen LogP contribution is -2.27. The molecule has 0 bridgehead atoms. The van der Waals surface area contributed by atoms with Crippen LogP contribution < -0.4 is 24.4 Å². The predicted molar refractivity (Wildman–Crippen MR) is 141 cm³/mol. The normalized spacial score (nSPS) is 13.3. The number of aromatic nitrogens is 4. The Morgan fingerprint density at radius 1 is 1.03 bits per heavy atom. The van der Waals surface area contributed by atoms with E-state index in [-0.39, 0.29) is 5.91 Å². The highest BCUT2D eigenvalue weighted by molar-refractivity contribution is 7.98. The van der Waals surface area contributed by atoms with E-state index < -0.39 is 0 Å². The van der Waals surface area contributed by atoms with Gasteiger partial charge in [0.15, 0.2) is 22.3 Å². The summed E-state index contributed by atoms with van der Waals surface area (Å²) in [5.74, 6) is 2.21. The third-order valence-corrected chi connectivity index (χ3v) is 6.37. The number of hydrogen-bond donors (Lipinski definition) is 1. The lowest BCUT2D eigenvalue weighted by Gasteiger charge is -2.18. The SMILES string of the molecule is CCOc1cc(C(=O)NCCn2ncc3c(N4CCCC4)nc(SC)nc32)cc(OCC)c1OCC. The summed E-state index contributed by atoms with van der Waals surface area (Å²) in [6.07, 6.45) is 6.13. The van der Waals surface area contributed by atoms with Crippen molar-refractivity contribution in [1.29, 1.82) is 0 Å². The Morgan fingerprint density at radius 2 is 1.69 bits per heavy atom. The summed E-state index contributed by atoms with van der Waals surface area (Å²) < 4.78 is 19.0. The molecule has 36 heavy (non-hydrogen) atoms. The van der Waals surface area contributed by atoms with E-state index in [9.17, 15) is 4.79 Å². The second-order valence-electron chi connectivity index (χ2n) is 8.19. The third-order valence-electron chi connectivity index (χ3n) is 5.82. The minimum atomic E-state index is -0.228. The molecule has 1 fully saturated rings. The van der Waals surface area contributed by atoms with E-state index in [1.165, 1.54) is 24.6 Å². The summed E-state index contributed by atoms with van der Waals surface area (Å²) in [7, 11) is 0. The van der Waals surface area contributed by atoms with Gasteiger partial charge in [-0.05, 0) is 52.0 Å². The molecule has 0 unspecified atom stereocenters. The fourth-order valence-electron chi connectivity index (χ4n) is 4.24. The van der Waals surface area contributed by atoms with Gasteiger partial charge in [0.05, 0.1) is 37.9 Å². The van der Waals surface area contributed by atoms with Gasteiger partial charge in [0.2, 0.25) is 5.75 Å². The van der Waals surface area contributed by atoms with Crippen LogP contribution in [0.4, 0.5) is 5.82 Å². The van der Waals surface area contributed by atoms with Crippen LogP contribution >= 0.6 is 11.8 Å². The van der Waals surface area contributed by atoms with Gasteiger partial charge in [0.1, 0.15) is 5.82 Å². The minimum Gasteiger partial charge on any atom is -0.490 e. The Kier molecular flexibility index (Phi) is 8.74. The molecular formula is C25H34N6O4S. The summed E-state index contributed by atoms with van der Waals surface area (Å²) >= 11 is 1.52. The first-order valence-electron chi connectivity index (χ1n) is 12.5. The highest BCUT2D eigenvalue weighted by Gasteiger charge is 2.21. The van der Waals surface area contributed by atoms with Crippen LogP contribution in [0.15, 0.2) is 23.5 Å². The monoisotopic (exact) mass is 514 g/mol. The highest BCUT2D eigenvalue weighted by atomic mass is 32.2. The van der Waals surface area contributed by atoms with Crippen LogP contribution in [-0.4, -0.2) is 71.4 Å². The standard InChI is InChI=1S/C25H34N6O4S/c1-5-33-19-14-17(15-20(34-6-2)21(19)35-7-3)24(32)26-10-13-31-23-18(16-27-31)22(28-25(29-23)36-4)30-11-8-9-12-30/h14-16H,5-13H2,1-4H3,(H,26,32). The van der Waals surface area contributed by atoms with E-state index in [1.807, 2.05) is 37.9 Å². The fourth-order valence-corrected chi connectivity index (χ4v) is 4.60. The van der Waals surface area contributed by atoms with E-state index in [4.69, 9.17) is 24.2 Å². The number of carbonyl (C=O) groups excluding carboxylic acids is 1. The Bertz CT molecular complexity index is 1170. The van der Waals surface area contributed by atoms with Gasteiger partial charge in [-0.2, -0.15) is 5.10 Å². The Balaban J connectivity index is 1.51. The molecule has 3 heterocycles. The quantitative estimate of drug-likeness (QED) is 0.286. The number of ether oxygens (including phenoxy) is 3. The van der Waals surface area contributed by atoms with Gasteiger partial charge in [-0.1, -0.05) is 11.8 Å². The molecule has 0 radical (unpaired) electrons. The third kappa shape index (κ3) is 5.61. The lowest BCUT2D eigenvalue weighted by molar-refractivity contribution is 0.0951. The number of hydrogen-bond acceptors (Lipinski definition) is 9. The van der Waals surface area contributed by atoms with E-state index in [0.29, 0.717) is 55.7 Å². The average Bonchev–Trinajstić information content (AvgIpc) is 3.56. The van der Waals surface area contributed by atoms with Crippen molar-refractivity contribution in [3.8, 4) is 17.2 Å². The molecule has 0 aliphatic carbocycles. The van der Waals surface area contributed by atoms with Gasteiger partial charge in [0.25, 0.3) is 5.91 Å². The number of nitrogens with zero attached hydrogens (tertiary/aromatic N) is 5. The molecule has 1 aliphatic rings. The Hall–Kier alpha value is -3.21. The summed E-state index contributed by atoms with van der Waals surface area (Å²) in [5.41, 5.74) is 1.22. The van der Waals surface area contributed by atoms with Crippen LogP contribution in [0.5, 0.6) is 17.2 Å². The van der Waals surface area contributed by atoms with E-state index in [1.54, 1.807) is 12.1 Å². The first kappa shape index (κ1) is 25.9. The molecule has 1 aromatic carbocycles. The van der Waals surface area contributed by atoms with Crippen LogP contribution in [0.25, 0.3) is 11.0 Å². The van der Waals surface area contributed by atoms with Crippen molar-refractivity contribution >= 4 is 34.5 Å². The molecule has 194 valence electrons. The molecule has 1 amide bonds. The Labute approximate surface area is 215 Å². The summed E-state index contributed by atoms with van der Waals surface area (Å²) in [5, 5.41) is 9.19. The summed E-state index contributed by atoms with van der Waals surface area (Å²) in [4.78, 5) is 24.8. The van der Waals surface area contributed by atoms with Crippen molar-refractivity contribution in [2.45, 2.75) is 45.3 Å². The zero-order valence-corrected chi connectivity index (χ0v) is 22.2.